The first-order chi connectivity index (χ1) is 8.68. The number of fused-ring (bicyclic) bond motifs is 1. The van der Waals surface area contributed by atoms with Crippen molar-refractivity contribution in [3.8, 4) is 0 Å². The monoisotopic (exact) mass is 261 g/mol. The Morgan fingerprint density at radius 1 is 1.22 bits per heavy atom. The zero-order chi connectivity index (χ0) is 12.7. The molecule has 2 amide bonds. The lowest BCUT2D eigenvalue weighted by Gasteiger charge is -2.16. The summed E-state index contributed by atoms with van der Waals surface area (Å²) in [6.45, 7) is 0. The fourth-order valence-corrected chi connectivity index (χ4v) is 4.49. The average Bonchev–Trinajstić information content (AvgIpc) is 2.89. The Bertz CT molecular complexity index is 488. The first-order valence-electron chi connectivity index (χ1n) is 6.15. The van der Waals surface area contributed by atoms with Gasteiger partial charge in [0.2, 0.25) is 11.8 Å². The van der Waals surface area contributed by atoms with Crippen molar-refractivity contribution in [2.45, 2.75) is 11.7 Å². The van der Waals surface area contributed by atoms with Crippen LogP contribution in [0.4, 0.5) is 0 Å². The van der Waals surface area contributed by atoms with Crippen molar-refractivity contribution < 1.29 is 9.59 Å². The molecule has 0 radical (unpaired) electrons. The van der Waals surface area contributed by atoms with E-state index in [1.807, 2.05) is 18.2 Å². The van der Waals surface area contributed by atoms with Crippen molar-refractivity contribution in [2.75, 3.05) is 12.8 Å². The van der Waals surface area contributed by atoms with Gasteiger partial charge in [0.05, 0.1) is 11.8 Å². The van der Waals surface area contributed by atoms with Crippen LogP contribution in [0.1, 0.15) is 5.56 Å². The molecule has 2 heterocycles. The van der Waals surface area contributed by atoms with Crippen LogP contribution in [0.25, 0.3) is 0 Å². The molecule has 1 aromatic carbocycles. The van der Waals surface area contributed by atoms with E-state index >= 15 is 0 Å². The van der Waals surface area contributed by atoms with Gasteiger partial charge < -0.3 is 0 Å². The molecule has 0 unspecified atom stereocenters. The van der Waals surface area contributed by atoms with Crippen molar-refractivity contribution in [3.05, 3.63) is 35.9 Å². The molecule has 0 bridgehead atoms. The van der Waals surface area contributed by atoms with Gasteiger partial charge in [-0.15, -0.1) is 0 Å². The zero-order valence-corrected chi connectivity index (χ0v) is 11.0. The van der Waals surface area contributed by atoms with Gasteiger partial charge in [0.25, 0.3) is 0 Å². The van der Waals surface area contributed by atoms with E-state index in [-0.39, 0.29) is 28.9 Å². The summed E-state index contributed by atoms with van der Waals surface area (Å²) in [5, 5.41) is 0.249. The second-order valence-corrected chi connectivity index (χ2v) is 6.20. The Balaban J connectivity index is 1.80. The van der Waals surface area contributed by atoms with Gasteiger partial charge in [0, 0.05) is 18.1 Å². The van der Waals surface area contributed by atoms with E-state index in [0.29, 0.717) is 0 Å². The number of thioether (sulfide) groups is 1. The second-order valence-electron chi connectivity index (χ2n) is 4.93. The normalized spacial score (nSPS) is 30.9. The summed E-state index contributed by atoms with van der Waals surface area (Å²) in [5.41, 5.74) is 1.24. The number of rotatable bonds is 2. The zero-order valence-electron chi connectivity index (χ0n) is 10.2. The van der Waals surface area contributed by atoms with Gasteiger partial charge in [-0.3, -0.25) is 14.5 Å². The number of likely N-dealkylation sites (tertiary alicyclic amines) is 1. The third-order valence-electron chi connectivity index (χ3n) is 3.87. The summed E-state index contributed by atoms with van der Waals surface area (Å²) in [6, 6.07) is 10.2. The van der Waals surface area contributed by atoms with E-state index in [9.17, 15) is 9.59 Å². The number of carbonyl (C=O) groups is 2. The molecule has 0 saturated carbocycles. The molecular formula is C14H15NO2S. The lowest BCUT2D eigenvalue weighted by Crippen LogP contribution is -2.30. The highest BCUT2D eigenvalue weighted by atomic mass is 32.2. The molecule has 0 N–H and O–H groups in total. The van der Waals surface area contributed by atoms with E-state index in [4.69, 9.17) is 0 Å². The molecule has 1 aromatic rings. The molecule has 2 saturated heterocycles. The number of hydrogen-bond donors (Lipinski definition) is 0. The minimum Gasteiger partial charge on any atom is -0.285 e. The minimum absolute atomic E-state index is 0.00746. The van der Waals surface area contributed by atoms with Crippen molar-refractivity contribution >= 4 is 23.6 Å². The number of hydrogen-bond acceptors (Lipinski definition) is 3. The Hall–Kier alpha value is -1.29. The number of nitrogens with zero attached hydrogens (tertiary/aromatic N) is 1. The number of carbonyl (C=O) groups excluding carboxylic acids is 2. The van der Waals surface area contributed by atoms with Gasteiger partial charge in [-0.2, -0.15) is 11.8 Å². The molecule has 2 fully saturated rings. The third-order valence-corrected chi connectivity index (χ3v) is 5.31. The van der Waals surface area contributed by atoms with Crippen molar-refractivity contribution in [1.82, 2.24) is 4.90 Å². The largest absolute Gasteiger partial charge is 0.285 e. The molecular weight excluding hydrogens is 246 g/mol. The number of amides is 2. The highest BCUT2D eigenvalue weighted by Gasteiger charge is 2.53. The van der Waals surface area contributed by atoms with Crippen LogP contribution in [0.5, 0.6) is 0 Å². The lowest BCUT2D eigenvalue weighted by molar-refractivity contribution is -0.138. The average molecular weight is 261 g/mol. The maximum absolute atomic E-state index is 12.1. The molecule has 0 spiro atoms. The minimum atomic E-state index is -0.104. The van der Waals surface area contributed by atoms with E-state index < -0.39 is 0 Å². The van der Waals surface area contributed by atoms with Crippen molar-refractivity contribution in [1.29, 1.82) is 0 Å². The molecule has 0 aromatic heterocycles. The highest BCUT2D eigenvalue weighted by Crippen LogP contribution is 2.44. The van der Waals surface area contributed by atoms with Gasteiger partial charge in [-0.1, -0.05) is 30.3 Å². The maximum Gasteiger partial charge on any atom is 0.233 e. The van der Waals surface area contributed by atoms with Crippen LogP contribution >= 0.6 is 11.8 Å². The van der Waals surface area contributed by atoms with Crippen molar-refractivity contribution in [2.24, 2.45) is 11.8 Å². The molecule has 2 aliphatic heterocycles. The van der Waals surface area contributed by atoms with Gasteiger partial charge in [-0.25, -0.2) is 0 Å². The fourth-order valence-electron chi connectivity index (χ4n) is 2.86. The van der Waals surface area contributed by atoms with E-state index in [2.05, 4.69) is 12.1 Å². The van der Waals surface area contributed by atoms with Crippen LogP contribution in [0.15, 0.2) is 30.3 Å². The SMILES string of the molecule is CN1C(=O)[C@H]2[C@H](CS[C@@H]2Cc2ccccc2)C1=O. The van der Waals surface area contributed by atoms with Crippen molar-refractivity contribution in [3.63, 3.8) is 0 Å². The molecule has 18 heavy (non-hydrogen) atoms. The molecule has 3 nitrogen and oxygen atoms in total. The van der Waals surface area contributed by atoms with Gasteiger partial charge in [0.1, 0.15) is 0 Å². The molecule has 2 aliphatic rings. The Morgan fingerprint density at radius 3 is 2.67 bits per heavy atom. The summed E-state index contributed by atoms with van der Waals surface area (Å²) >= 11 is 1.77. The Kier molecular flexibility index (Phi) is 2.90. The van der Waals surface area contributed by atoms with Gasteiger partial charge >= 0.3 is 0 Å². The summed E-state index contributed by atoms with van der Waals surface area (Å²) in [5.74, 6) is 0.620. The first kappa shape index (κ1) is 11.8. The summed E-state index contributed by atoms with van der Waals surface area (Å²) in [6.07, 6.45) is 0.875. The van der Waals surface area contributed by atoms with E-state index in [1.165, 1.54) is 10.5 Å². The number of imide groups is 1. The van der Waals surface area contributed by atoms with E-state index in [0.717, 1.165) is 12.2 Å². The summed E-state index contributed by atoms with van der Waals surface area (Å²) < 4.78 is 0. The maximum atomic E-state index is 12.1. The lowest BCUT2D eigenvalue weighted by atomic mass is 9.90. The molecule has 4 heteroatoms. The van der Waals surface area contributed by atoms with Crippen LogP contribution in [0.2, 0.25) is 0 Å². The predicted molar refractivity (Wildman–Crippen MR) is 71.1 cm³/mol. The number of benzene rings is 1. The summed E-state index contributed by atoms with van der Waals surface area (Å²) in [4.78, 5) is 25.3. The molecule has 3 atom stereocenters. The molecule has 94 valence electrons. The van der Waals surface area contributed by atoms with Crippen LogP contribution in [-0.2, 0) is 16.0 Å². The van der Waals surface area contributed by atoms with E-state index in [1.54, 1.807) is 18.8 Å². The van der Waals surface area contributed by atoms with Crippen LogP contribution in [0, 0.1) is 11.8 Å². The van der Waals surface area contributed by atoms with Crippen LogP contribution in [0.3, 0.4) is 0 Å². The standard InChI is InChI=1S/C14H15NO2S/c1-15-13(16)10-8-18-11(12(10)14(15)17)7-9-5-3-2-4-6-9/h2-6,10-12H,7-8H2,1H3/t10-,11+,12-/m0/s1. The molecule has 0 aliphatic carbocycles. The molecule has 3 rings (SSSR count). The van der Waals surface area contributed by atoms with Crippen LogP contribution in [-0.4, -0.2) is 34.8 Å². The predicted octanol–water partition coefficient (Wildman–Crippen LogP) is 1.58. The van der Waals surface area contributed by atoms with Gasteiger partial charge in [-0.05, 0) is 12.0 Å². The quantitative estimate of drug-likeness (QED) is 0.758. The highest BCUT2D eigenvalue weighted by molar-refractivity contribution is 8.00. The second kappa shape index (κ2) is 4.43. The fraction of sp³-hybridized carbons (Fsp3) is 0.429. The Labute approximate surface area is 111 Å². The summed E-state index contributed by atoms with van der Waals surface area (Å²) in [7, 11) is 1.60. The Morgan fingerprint density at radius 2 is 1.94 bits per heavy atom. The first-order valence-corrected chi connectivity index (χ1v) is 7.20. The topological polar surface area (TPSA) is 37.4 Å². The third kappa shape index (κ3) is 1.75. The van der Waals surface area contributed by atoms with Gasteiger partial charge in [0.15, 0.2) is 0 Å². The van der Waals surface area contributed by atoms with Crippen LogP contribution < -0.4 is 0 Å². The smallest absolute Gasteiger partial charge is 0.233 e.